The predicted octanol–water partition coefficient (Wildman–Crippen LogP) is 5.06. The molecule has 3 aliphatic heterocycles. The van der Waals surface area contributed by atoms with Crippen LogP contribution in [0.15, 0.2) is 89.9 Å². The van der Waals surface area contributed by atoms with Gasteiger partial charge in [0.2, 0.25) is 0 Å². The highest BCUT2D eigenvalue weighted by atomic mass is 32.2. The highest BCUT2D eigenvalue weighted by Gasteiger charge is 2.49. The summed E-state index contributed by atoms with van der Waals surface area (Å²) >= 11 is 1.41. The van der Waals surface area contributed by atoms with Gasteiger partial charge in [0.15, 0.2) is 15.0 Å². The molecule has 0 spiro atoms. The first kappa shape index (κ1) is 25.2. The molecule has 1 amide bonds. The van der Waals surface area contributed by atoms with Gasteiger partial charge in [-0.2, -0.15) is 4.99 Å². The number of thioether (sulfide) groups is 1. The second kappa shape index (κ2) is 10.6. The summed E-state index contributed by atoms with van der Waals surface area (Å²) in [5, 5.41) is 0.462. The second-order valence-corrected chi connectivity index (χ2v) is 13.7. The van der Waals surface area contributed by atoms with Crippen LogP contribution in [0.1, 0.15) is 28.8 Å². The van der Waals surface area contributed by atoms with E-state index in [0.717, 1.165) is 25.2 Å². The molecule has 196 valence electrons. The molecular formula is C30H31N3O3S2. The summed E-state index contributed by atoms with van der Waals surface area (Å²) in [6.07, 6.45) is 3.47. The molecule has 8 heteroatoms. The van der Waals surface area contributed by atoms with E-state index in [2.05, 4.69) is 52.4 Å². The van der Waals surface area contributed by atoms with E-state index < -0.39 is 9.84 Å². The summed E-state index contributed by atoms with van der Waals surface area (Å²) in [6.45, 7) is 2.05. The van der Waals surface area contributed by atoms with Gasteiger partial charge in [-0.25, -0.2) is 8.42 Å². The minimum Gasteiger partial charge on any atom is -0.372 e. The number of nitrogens with zero attached hydrogens (tertiary/aromatic N) is 3. The summed E-state index contributed by atoms with van der Waals surface area (Å²) in [5.41, 5.74) is 3.99. The third-order valence-corrected chi connectivity index (χ3v) is 11.0. The van der Waals surface area contributed by atoms with Crippen LogP contribution in [-0.4, -0.2) is 55.4 Å². The van der Waals surface area contributed by atoms with Gasteiger partial charge < -0.3 is 9.80 Å². The Hall–Kier alpha value is -3.10. The van der Waals surface area contributed by atoms with Crippen LogP contribution in [0.3, 0.4) is 0 Å². The van der Waals surface area contributed by atoms with Gasteiger partial charge in [0.25, 0.3) is 5.91 Å². The van der Waals surface area contributed by atoms with E-state index in [1.54, 1.807) is 12.1 Å². The van der Waals surface area contributed by atoms with Crippen LogP contribution < -0.4 is 9.80 Å². The van der Waals surface area contributed by atoms with Crippen molar-refractivity contribution in [2.75, 3.05) is 34.4 Å². The Balaban J connectivity index is 1.18. The van der Waals surface area contributed by atoms with E-state index in [4.69, 9.17) is 0 Å². The molecule has 6 rings (SSSR count). The Bertz CT molecular complexity index is 1420. The fraction of sp³-hybridized carbons (Fsp3) is 0.333. The second-order valence-electron chi connectivity index (χ2n) is 10.4. The molecule has 3 heterocycles. The third-order valence-electron chi connectivity index (χ3n) is 7.76. The van der Waals surface area contributed by atoms with Crippen molar-refractivity contribution in [1.29, 1.82) is 0 Å². The molecular weight excluding hydrogens is 514 g/mol. The van der Waals surface area contributed by atoms with Gasteiger partial charge in [-0.15, -0.1) is 0 Å². The maximum absolute atomic E-state index is 12.9. The highest BCUT2D eigenvalue weighted by Crippen LogP contribution is 2.41. The van der Waals surface area contributed by atoms with E-state index in [-0.39, 0.29) is 28.7 Å². The van der Waals surface area contributed by atoms with Crippen molar-refractivity contribution in [2.24, 2.45) is 10.9 Å². The minimum absolute atomic E-state index is 0.0832. The molecule has 3 saturated heterocycles. The number of carbonyl (C=O) groups excluding carboxylic acids is 1. The fourth-order valence-electron chi connectivity index (χ4n) is 5.77. The molecule has 0 aliphatic carbocycles. The first-order valence-electron chi connectivity index (χ1n) is 13.2. The number of hydrogen-bond acceptors (Lipinski definition) is 5. The highest BCUT2D eigenvalue weighted by molar-refractivity contribution is 8.16. The number of amides is 1. The number of fused-ring (bicyclic) bond motifs is 1. The molecule has 3 aliphatic rings. The number of carbonyl (C=O) groups is 1. The van der Waals surface area contributed by atoms with Crippen LogP contribution in [0.2, 0.25) is 0 Å². The number of piperidine rings is 1. The van der Waals surface area contributed by atoms with E-state index in [0.29, 0.717) is 16.6 Å². The largest absolute Gasteiger partial charge is 0.372 e. The molecule has 0 aromatic heterocycles. The Morgan fingerprint density at radius 1 is 0.842 bits per heavy atom. The molecule has 6 nitrogen and oxygen atoms in total. The molecule has 3 aromatic rings. The van der Waals surface area contributed by atoms with Crippen LogP contribution in [-0.2, 0) is 16.3 Å². The standard InChI is InChI=1S/C30H31N3O3S2/c34-29(24-9-5-2-6-10-24)31-30-33(27-20-38(35,36)21-28(27)37-30)26-13-11-25(12-14-26)32-17-15-23(16-18-32)19-22-7-3-1-4-8-22/h1-14,23,27-28H,15-21H2/t27-,28-/m0/s1. The van der Waals surface area contributed by atoms with Gasteiger partial charge in [0, 0.05) is 35.3 Å². The van der Waals surface area contributed by atoms with Crippen molar-refractivity contribution < 1.29 is 13.2 Å². The van der Waals surface area contributed by atoms with Crippen LogP contribution in [0.25, 0.3) is 0 Å². The van der Waals surface area contributed by atoms with Crippen LogP contribution in [0, 0.1) is 5.92 Å². The third kappa shape index (κ3) is 5.38. The number of amidine groups is 1. The maximum atomic E-state index is 12.9. The van der Waals surface area contributed by atoms with Gasteiger partial charge in [0.05, 0.1) is 17.5 Å². The lowest BCUT2D eigenvalue weighted by atomic mass is 9.90. The summed E-state index contributed by atoms with van der Waals surface area (Å²) < 4.78 is 24.8. The summed E-state index contributed by atoms with van der Waals surface area (Å²) in [7, 11) is -3.11. The Morgan fingerprint density at radius 2 is 1.47 bits per heavy atom. The lowest BCUT2D eigenvalue weighted by Crippen LogP contribution is -2.38. The zero-order valence-electron chi connectivity index (χ0n) is 21.1. The Labute approximate surface area is 228 Å². The van der Waals surface area contributed by atoms with Crippen molar-refractivity contribution >= 4 is 44.0 Å². The number of aliphatic imine (C=N–C) groups is 1. The van der Waals surface area contributed by atoms with Crippen LogP contribution in [0.5, 0.6) is 0 Å². The van der Waals surface area contributed by atoms with E-state index >= 15 is 0 Å². The number of anilines is 2. The van der Waals surface area contributed by atoms with Crippen molar-refractivity contribution in [3.05, 3.63) is 96.1 Å². The quantitative estimate of drug-likeness (QED) is 0.446. The molecule has 0 N–H and O–H groups in total. The average Bonchev–Trinajstić information content (AvgIpc) is 3.41. The molecule has 0 radical (unpaired) electrons. The van der Waals surface area contributed by atoms with Gasteiger partial charge in [-0.1, -0.05) is 60.3 Å². The number of benzene rings is 3. The molecule has 2 atom stereocenters. The first-order chi connectivity index (χ1) is 18.4. The summed E-state index contributed by atoms with van der Waals surface area (Å²) in [5.74, 6) is 0.598. The van der Waals surface area contributed by atoms with Gasteiger partial charge in [0.1, 0.15) is 0 Å². The number of sulfone groups is 1. The molecule has 0 bridgehead atoms. The minimum atomic E-state index is -3.11. The molecule has 0 unspecified atom stereocenters. The molecule has 0 saturated carbocycles. The zero-order valence-corrected chi connectivity index (χ0v) is 22.8. The Morgan fingerprint density at radius 3 is 2.16 bits per heavy atom. The fourth-order valence-corrected chi connectivity index (χ4v) is 9.68. The van der Waals surface area contributed by atoms with Crippen molar-refractivity contribution in [1.82, 2.24) is 0 Å². The van der Waals surface area contributed by atoms with Crippen molar-refractivity contribution in [3.8, 4) is 0 Å². The van der Waals surface area contributed by atoms with Crippen molar-refractivity contribution in [3.63, 3.8) is 0 Å². The predicted molar refractivity (Wildman–Crippen MR) is 156 cm³/mol. The van der Waals surface area contributed by atoms with Crippen LogP contribution >= 0.6 is 11.8 Å². The zero-order chi connectivity index (χ0) is 26.1. The normalized spacial score (nSPS) is 24.1. The lowest BCUT2D eigenvalue weighted by Gasteiger charge is -2.34. The van der Waals surface area contributed by atoms with Gasteiger partial charge in [-0.05, 0) is 67.1 Å². The molecule has 3 aromatic carbocycles. The lowest BCUT2D eigenvalue weighted by molar-refractivity contribution is 0.100. The first-order valence-corrected chi connectivity index (χ1v) is 15.9. The number of hydrogen-bond donors (Lipinski definition) is 0. The smallest absolute Gasteiger partial charge is 0.279 e. The van der Waals surface area contributed by atoms with Gasteiger partial charge in [-0.3, -0.25) is 4.79 Å². The average molecular weight is 546 g/mol. The summed E-state index contributed by atoms with van der Waals surface area (Å²) in [6, 6.07) is 27.8. The monoisotopic (exact) mass is 545 g/mol. The van der Waals surface area contributed by atoms with E-state index in [1.165, 1.54) is 35.9 Å². The molecule has 38 heavy (non-hydrogen) atoms. The van der Waals surface area contributed by atoms with E-state index in [1.807, 2.05) is 35.2 Å². The van der Waals surface area contributed by atoms with Crippen molar-refractivity contribution in [2.45, 2.75) is 30.6 Å². The maximum Gasteiger partial charge on any atom is 0.279 e. The number of rotatable bonds is 5. The van der Waals surface area contributed by atoms with Crippen LogP contribution in [0.4, 0.5) is 11.4 Å². The topological polar surface area (TPSA) is 70.0 Å². The Kier molecular flexibility index (Phi) is 7.01. The van der Waals surface area contributed by atoms with Gasteiger partial charge >= 0.3 is 0 Å². The SMILES string of the molecule is O=C(N=C1S[C@H]2CS(=O)(=O)C[C@@H]2N1c1ccc(N2CCC(Cc3ccccc3)CC2)cc1)c1ccccc1. The summed E-state index contributed by atoms with van der Waals surface area (Å²) in [4.78, 5) is 21.7. The molecule has 3 fully saturated rings. The van der Waals surface area contributed by atoms with E-state index in [9.17, 15) is 13.2 Å².